The fourth-order valence-electron chi connectivity index (χ4n) is 1.23. The van der Waals surface area contributed by atoms with Crippen molar-refractivity contribution < 1.29 is 4.92 Å². The van der Waals surface area contributed by atoms with Gasteiger partial charge in [0.25, 0.3) is 5.69 Å². The van der Waals surface area contributed by atoms with Crippen LogP contribution in [0.15, 0.2) is 24.4 Å². The number of benzene rings is 1. The minimum Gasteiger partial charge on any atom is -0.381 e. The van der Waals surface area contributed by atoms with E-state index in [1.54, 1.807) is 0 Å². The second-order valence-corrected chi connectivity index (χ2v) is 3.41. The van der Waals surface area contributed by atoms with Crippen molar-refractivity contribution in [3.63, 3.8) is 0 Å². The zero-order valence-electron chi connectivity index (χ0n) is 7.87. The number of nitro groups is 1. The Morgan fingerprint density at radius 1 is 1.50 bits per heavy atom. The van der Waals surface area contributed by atoms with E-state index in [1.807, 2.05) is 0 Å². The van der Waals surface area contributed by atoms with Gasteiger partial charge in [0.05, 0.1) is 11.1 Å². The fraction of sp³-hybridized carbons (Fsp3) is 0. The molecule has 0 fully saturated rings. The fourth-order valence-corrected chi connectivity index (χ4v) is 1.40. The summed E-state index contributed by atoms with van der Waals surface area (Å²) < 4.78 is 1.21. The molecule has 0 atom stereocenters. The van der Waals surface area contributed by atoms with Crippen LogP contribution in [-0.2, 0) is 0 Å². The lowest BCUT2D eigenvalue weighted by Gasteiger charge is -2.01. The summed E-state index contributed by atoms with van der Waals surface area (Å²) in [6, 6.07) is 4.16. The molecule has 82 valence electrons. The van der Waals surface area contributed by atoms with Crippen molar-refractivity contribution in [2.24, 2.45) is 0 Å². The van der Waals surface area contributed by atoms with Gasteiger partial charge in [-0.05, 0) is 12.1 Å². The zero-order valence-corrected chi connectivity index (χ0v) is 8.63. The molecule has 16 heavy (non-hydrogen) atoms. The van der Waals surface area contributed by atoms with Gasteiger partial charge in [0.1, 0.15) is 5.69 Å². The molecule has 0 saturated carbocycles. The first-order chi connectivity index (χ1) is 7.58. The lowest BCUT2D eigenvalue weighted by atomic mass is 10.2. The van der Waals surface area contributed by atoms with E-state index in [0.717, 1.165) is 0 Å². The first-order valence-electron chi connectivity index (χ1n) is 4.20. The Bertz CT molecular complexity index is 553. The van der Waals surface area contributed by atoms with E-state index in [9.17, 15) is 10.1 Å². The van der Waals surface area contributed by atoms with E-state index in [1.165, 1.54) is 29.1 Å². The smallest absolute Gasteiger partial charge is 0.295 e. The Balaban J connectivity index is 2.62. The van der Waals surface area contributed by atoms with Gasteiger partial charge in [0, 0.05) is 11.1 Å². The van der Waals surface area contributed by atoms with Gasteiger partial charge in [-0.3, -0.25) is 10.1 Å². The highest BCUT2D eigenvalue weighted by atomic mass is 35.5. The molecule has 0 amide bonds. The summed E-state index contributed by atoms with van der Waals surface area (Å²) in [6.07, 6.45) is 1.37. The number of nitrogens with zero attached hydrogens (tertiary/aromatic N) is 4. The van der Waals surface area contributed by atoms with Gasteiger partial charge in [-0.25, -0.2) is 4.68 Å². The number of nitrogens with two attached hydrogens (primary N) is 1. The Morgan fingerprint density at radius 2 is 2.25 bits per heavy atom. The predicted molar refractivity (Wildman–Crippen MR) is 57.4 cm³/mol. The van der Waals surface area contributed by atoms with Crippen molar-refractivity contribution in [2.45, 2.75) is 0 Å². The van der Waals surface area contributed by atoms with Gasteiger partial charge in [-0.2, -0.15) is 0 Å². The van der Waals surface area contributed by atoms with Crippen LogP contribution < -0.4 is 5.73 Å². The highest BCUT2D eigenvalue weighted by Gasteiger charge is 2.16. The van der Waals surface area contributed by atoms with Crippen LogP contribution in [0.1, 0.15) is 0 Å². The molecule has 2 N–H and O–H groups in total. The molecule has 1 aromatic heterocycles. The molecule has 0 saturated heterocycles. The third-order valence-corrected chi connectivity index (χ3v) is 2.13. The second-order valence-electron chi connectivity index (χ2n) is 2.98. The average Bonchev–Trinajstić information content (AvgIpc) is 2.64. The molecule has 2 aromatic rings. The van der Waals surface area contributed by atoms with Crippen LogP contribution in [0.4, 0.5) is 11.5 Å². The molecule has 0 aliphatic carbocycles. The third-order valence-electron chi connectivity index (χ3n) is 1.89. The van der Waals surface area contributed by atoms with Crippen molar-refractivity contribution in [1.29, 1.82) is 0 Å². The normalized spacial score (nSPS) is 10.3. The number of nitro benzene ring substituents is 1. The molecule has 0 unspecified atom stereocenters. The molecule has 1 aromatic carbocycles. The number of nitrogen functional groups attached to an aromatic ring is 1. The van der Waals surface area contributed by atoms with E-state index in [2.05, 4.69) is 10.3 Å². The Kier molecular flexibility index (Phi) is 2.45. The van der Waals surface area contributed by atoms with E-state index in [0.29, 0.717) is 5.02 Å². The minimum absolute atomic E-state index is 0.116. The van der Waals surface area contributed by atoms with E-state index in [-0.39, 0.29) is 17.2 Å². The maximum Gasteiger partial charge on any atom is 0.295 e. The summed E-state index contributed by atoms with van der Waals surface area (Å²) in [7, 11) is 0. The van der Waals surface area contributed by atoms with Gasteiger partial charge >= 0.3 is 0 Å². The maximum atomic E-state index is 10.8. The third kappa shape index (κ3) is 1.80. The van der Waals surface area contributed by atoms with Crippen LogP contribution in [0.3, 0.4) is 0 Å². The van der Waals surface area contributed by atoms with E-state index < -0.39 is 4.92 Å². The Hall–Kier alpha value is -2.15. The molecule has 2 rings (SSSR count). The van der Waals surface area contributed by atoms with Crippen LogP contribution in [0.2, 0.25) is 5.02 Å². The maximum absolute atomic E-state index is 10.8. The van der Waals surface area contributed by atoms with Gasteiger partial charge in [-0.15, -0.1) is 5.10 Å². The number of aromatic nitrogens is 3. The topological polar surface area (TPSA) is 99.9 Å². The molecule has 0 aliphatic heterocycles. The second kappa shape index (κ2) is 3.78. The lowest BCUT2D eigenvalue weighted by Crippen LogP contribution is -2.00. The van der Waals surface area contributed by atoms with Gasteiger partial charge in [0.2, 0.25) is 0 Å². The summed E-state index contributed by atoms with van der Waals surface area (Å²) in [6.45, 7) is 0. The minimum atomic E-state index is -0.524. The zero-order chi connectivity index (χ0) is 11.7. The number of rotatable bonds is 2. The van der Waals surface area contributed by atoms with Crippen LogP contribution in [0.5, 0.6) is 0 Å². The molecule has 0 spiro atoms. The van der Waals surface area contributed by atoms with E-state index in [4.69, 9.17) is 17.3 Å². The van der Waals surface area contributed by atoms with Crippen LogP contribution >= 0.6 is 11.6 Å². The Labute approximate surface area is 94.6 Å². The Morgan fingerprint density at radius 3 is 2.81 bits per heavy atom. The van der Waals surface area contributed by atoms with Gasteiger partial charge < -0.3 is 5.73 Å². The number of anilines is 1. The molecule has 0 bridgehead atoms. The largest absolute Gasteiger partial charge is 0.381 e. The molecule has 0 aliphatic rings. The number of hydrogen-bond donors (Lipinski definition) is 1. The highest BCUT2D eigenvalue weighted by molar-refractivity contribution is 6.30. The quantitative estimate of drug-likeness (QED) is 0.631. The summed E-state index contributed by atoms with van der Waals surface area (Å²) in [5.74, 6) is 0.175. The molecular weight excluding hydrogens is 234 g/mol. The summed E-state index contributed by atoms with van der Waals surface area (Å²) in [4.78, 5) is 10.3. The average molecular weight is 240 g/mol. The van der Waals surface area contributed by atoms with Gasteiger partial charge in [0.15, 0.2) is 5.82 Å². The molecular formula is C8H6ClN5O2. The SMILES string of the molecule is Nc1cn(-c2cc(Cl)ccc2[N+](=O)[O-])nn1. The lowest BCUT2D eigenvalue weighted by molar-refractivity contribution is -0.384. The number of hydrogen-bond acceptors (Lipinski definition) is 5. The van der Waals surface area contributed by atoms with Crippen LogP contribution in [0, 0.1) is 10.1 Å². The summed E-state index contributed by atoms with van der Waals surface area (Å²) in [5.41, 5.74) is 5.49. The molecule has 8 heteroatoms. The van der Waals surface area contributed by atoms with Crippen LogP contribution in [0.25, 0.3) is 5.69 Å². The van der Waals surface area contributed by atoms with Crippen molar-refractivity contribution in [2.75, 3.05) is 5.73 Å². The highest BCUT2D eigenvalue weighted by Crippen LogP contribution is 2.25. The van der Waals surface area contributed by atoms with Crippen molar-refractivity contribution >= 4 is 23.1 Å². The summed E-state index contributed by atoms with van der Waals surface area (Å²) in [5, 5.41) is 18.3. The van der Waals surface area contributed by atoms with Crippen molar-refractivity contribution in [1.82, 2.24) is 15.0 Å². The molecule has 1 heterocycles. The van der Waals surface area contributed by atoms with E-state index >= 15 is 0 Å². The predicted octanol–water partition coefficient (Wildman–Crippen LogP) is 1.41. The number of halogens is 1. The van der Waals surface area contributed by atoms with Gasteiger partial charge in [-0.1, -0.05) is 16.8 Å². The van der Waals surface area contributed by atoms with Crippen LogP contribution in [-0.4, -0.2) is 19.9 Å². The molecule has 0 radical (unpaired) electrons. The summed E-state index contributed by atoms with van der Waals surface area (Å²) >= 11 is 5.76. The first kappa shape index (κ1) is 10.4. The molecule has 7 nitrogen and oxygen atoms in total. The standard InChI is InChI=1S/C8H6ClN5O2/c9-5-1-2-6(14(15)16)7(3-5)13-4-8(10)11-12-13/h1-4H,10H2. The first-order valence-corrected chi connectivity index (χ1v) is 4.58. The van der Waals surface area contributed by atoms with Crippen molar-refractivity contribution in [3.8, 4) is 5.69 Å². The van der Waals surface area contributed by atoms with Crippen molar-refractivity contribution in [3.05, 3.63) is 39.5 Å². The monoisotopic (exact) mass is 239 g/mol.